The van der Waals surface area contributed by atoms with Gasteiger partial charge in [0.15, 0.2) is 23.3 Å². The van der Waals surface area contributed by atoms with E-state index in [1.54, 1.807) is 14.1 Å². The molecule has 0 unspecified atom stereocenters. The average molecular weight is 291 g/mol. The van der Waals surface area contributed by atoms with Crippen LogP contribution in [0, 0.1) is 29.2 Å². The molecule has 0 bridgehead atoms. The number of hydrogen-bond acceptors (Lipinski definition) is 2. The Labute approximate surface area is 113 Å². The summed E-state index contributed by atoms with van der Waals surface area (Å²) in [6, 6.07) is 0. The normalized spacial score (nSPS) is 15.1. The molecule has 0 aliphatic heterocycles. The molecule has 1 aliphatic rings. The second-order valence-electron chi connectivity index (χ2n) is 4.66. The van der Waals surface area contributed by atoms with E-state index in [-0.39, 0.29) is 16.4 Å². The molecule has 0 radical (unpaired) electrons. The van der Waals surface area contributed by atoms with E-state index in [0.717, 1.165) is 24.8 Å². The highest BCUT2D eigenvalue weighted by molar-refractivity contribution is 7.97. The zero-order valence-corrected chi connectivity index (χ0v) is 11.4. The fourth-order valence-corrected chi connectivity index (χ4v) is 2.65. The van der Waals surface area contributed by atoms with Crippen molar-refractivity contribution in [3.63, 3.8) is 0 Å². The number of allylic oxidation sites excluding steroid dienone is 1. The number of halogens is 4. The van der Waals surface area contributed by atoms with Crippen LogP contribution in [0.1, 0.15) is 18.4 Å². The number of nitrogens with zero attached hydrogens (tertiary/aromatic N) is 1. The van der Waals surface area contributed by atoms with E-state index in [1.807, 2.05) is 0 Å². The Hall–Kier alpha value is -1.01. The first-order valence-electron chi connectivity index (χ1n) is 5.75. The Morgan fingerprint density at radius 3 is 2.05 bits per heavy atom. The van der Waals surface area contributed by atoms with Crippen LogP contribution in [0.25, 0.3) is 5.57 Å². The SMILES string of the molecule is C=C(c1c(F)c(F)c(F)c(F)c1SN(C)C)C1CC1. The van der Waals surface area contributed by atoms with Gasteiger partial charge in [-0.1, -0.05) is 6.58 Å². The summed E-state index contributed by atoms with van der Waals surface area (Å²) in [4.78, 5) is -0.252. The first-order chi connectivity index (χ1) is 8.84. The molecular formula is C13H13F4NS. The summed E-state index contributed by atoms with van der Waals surface area (Å²) >= 11 is 0.813. The molecule has 0 saturated heterocycles. The molecule has 1 fully saturated rings. The van der Waals surface area contributed by atoms with E-state index in [2.05, 4.69) is 6.58 Å². The van der Waals surface area contributed by atoms with Crippen LogP contribution in [0.4, 0.5) is 17.6 Å². The molecule has 2 rings (SSSR count). The van der Waals surface area contributed by atoms with Gasteiger partial charge in [-0.2, -0.15) is 0 Å². The molecule has 1 saturated carbocycles. The van der Waals surface area contributed by atoms with Gasteiger partial charge in [-0.15, -0.1) is 0 Å². The molecular weight excluding hydrogens is 278 g/mol. The highest BCUT2D eigenvalue weighted by Gasteiger charge is 2.33. The van der Waals surface area contributed by atoms with Gasteiger partial charge in [0.2, 0.25) is 0 Å². The van der Waals surface area contributed by atoms with E-state index in [4.69, 9.17) is 0 Å². The van der Waals surface area contributed by atoms with Crippen LogP contribution >= 0.6 is 11.9 Å². The topological polar surface area (TPSA) is 3.24 Å². The molecule has 0 aromatic heterocycles. The van der Waals surface area contributed by atoms with E-state index in [9.17, 15) is 17.6 Å². The maximum Gasteiger partial charge on any atom is 0.198 e. The van der Waals surface area contributed by atoms with Crippen molar-refractivity contribution < 1.29 is 17.6 Å². The van der Waals surface area contributed by atoms with Crippen molar-refractivity contribution in [3.05, 3.63) is 35.4 Å². The van der Waals surface area contributed by atoms with E-state index >= 15 is 0 Å². The molecule has 0 heterocycles. The smallest absolute Gasteiger partial charge is 0.198 e. The van der Waals surface area contributed by atoms with Crippen molar-refractivity contribution in [1.82, 2.24) is 4.31 Å². The Balaban J connectivity index is 2.63. The monoisotopic (exact) mass is 291 g/mol. The first kappa shape index (κ1) is 14.4. The lowest BCUT2D eigenvalue weighted by Gasteiger charge is -2.17. The molecule has 1 aliphatic carbocycles. The maximum atomic E-state index is 13.9. The van der Waals surface area contributed by atoms with Crippen LogP contribution < -0.4 is 0 Å². The third kappa shape index (κ3) is 2.65. The van der Waals surface area contributed by atoms with Crippen molar-refractivity contribution in [1.29, 1.82) is 0 Å². The van der Waals surface area contributed by atoms with Gasteiger partial charge in [0.05, 0.1) is 4.90 Å². The molecule has 1 nitrogen and oxygen atoms in total. The van der Waals surface area contributed by atoms with Gasteiger partial charge < -0.3 is 0 Å². The summed E-state index contributed by atoms with van der Waals surface area (Å²) in [6.45, 7) is 3.70. The lowest BCUT2D eigenvalue weighted by Crippen LogP contribution is -2.09. The van der Waals surface area contributed by atoms with Crippen LogP contribution in [-0.2, 0) is 0 Å². The second kappa shape index (κ2) is 5.17. The highest BCUT2D eigenvalue weighted by atomic mass is 32.2. The minimum atomic E-state index is -1.78. The summed E-state index contributed by atoms with van der Waals surface area (Å²) < 4.78 is 55.9. The Morgan fingerprint density at radius 1 is 1.05 bits per heavy atom. The molecule has 1 aromatic carbocycles. The predicted octanol–water partition coefficient (Wildman–Crippen LogP) is 4.23. The standard InChI is InChI=1S/C13H13F4NS/c1-6(7-4-5-7)8-9(14)10(15)11(16)12(17)13(8)19-18(2)3/h7H,1,4-5H2,2-3H3. The summed E-state index contributed by atoms with van der Waals surface area (Å²) in [7, 11) is 3.21. The minimum Gasteiger partial charge on any atom is -0.252 e. The quantitative estimate of drug-likeness (QED) is 0.353. The van der Waals surface area contributed by atoms with Gasteiger partial charge in [0, 0.05) is 5.56 Å². The van der Waals surface area contributed by atoms with E-state index in [0.29, 0.717) is 5.57 Å². The van der Waals surface area contributed by atoms with Gasteiger partial charge in [-0.25, -0.2) is 17.6 Å². The van der Waals surface area contributed by atoms with Crippen molar-refractivity contribution >= 4 is 17.5 Å². The number of rotatable bonds is 4. The van der Waals surface area contributed by atoms with Crippen LogP contribution in [0.5, 0.6) is 0 Å². The zero-order chi connectivity index (χ0) is 14.3. The molecule has 0 spiro atoms. The highest BCUT2D eigenvalue weighted by Crippen LogP contribution is 2.46. The molecule has 6 heteroatoms. The van der Waals surface area contributed by atoms with Gasteiger partial charge in [0.1, 0.15) is 0 Å². The fourth-order valence-electron chi connectivity index (χ4n) is 1.80. The van der Waals surface area contributed by atoms with Gasteiger partial charge in [-0.05, 0) is 50.4 Å². The largest absolute Gasteiger partial charge is 0.252 e. The zero-order valence-electron chi connectivity index (χ0n) is 10.6. The van der Waals surface area contributed by atoms with Crippen molar-refractivity contribution in [3.8, 4) is 0 Å². The van der Waals surface area contributed by atoms with Gasteiger partial charge >= 0.3 is 0 Å². The second-order valence-corrected chi connectivity index (χ2v) is 5.98. The first-order valence-corrected chi connectivity index (χ1v) is 6.52. The van der Waals surface area contributed by atoms with Crippen molar-refractivity contribution in [2.45, 2.75) is 17.7 Å². The van der Waals surface area contributed by atoms with E-state index < -0.39 is 23.3 Å². The Bertz CT molecular complexity index is 538. The molecule has 19 heavy (non-hydrogen) atoms. The average Bonchev–Trinajstić information content (AvgIpc) is 3.16. The summed E-state index contributed by atoms with van der Waals surface area (Å²) in [6.07, 6.45) is 1.62. The van der Waals surface area contributed by atoms with Crippen molar-refractivity contribution in [2.24, 2.45) is 5.92 Å². The lowest BCUT2D eigenvalue weighted by molar-refractivity contribution is 0.396. The Kier molecular flexibility index (Phi) is 3.92. The molecule has 0 N–H and O–H groups in total. The fraction of sp³-hybridized carbons (Fsp3) is 0.385. The van der Waals surface area contributed by atoms with Crippen LogP contribution in [0.3, 0.4) is 0 Å². The third-order valence-electron chi connectivity index (χ3n) is 2.89. The summed E-state index contributed by atoms with van der Waals surface area (Å²) in [5, 5.41) is 0. The predicted molar refractivity (Wildman–Crippen MR) is 67.6 cm³/mol. The maximum absolute atomic E-state index is 13.9. The summed E-state index contributed by atoms with van der Waals surface area (Å²) in [5.74, 6) is -6.26. The molecule has 0 amide bonds. The molecule has 1 aromatic rings. The minimum absolute atomic E-state index is 0.0280. The lowest BCUT2D eigenvalue weighted by atomic mass is 10.0. The number of hydrogen-bond donors (Lipinski definition) is 0. The number of benzene rings is 1. The van der Waals surface area contributed by atoms with Crippen LogP contribution in [0.15, 0.2) is 11.5 Å². The van der Waals surface area contributed by atoms with E-state index in [1.165, 1.54) is 4.31 Å². The third-order valence-corrected chi connectivity index (χ3v) is 3.82. The molecule has 0 atom stereocenters. The van der Waals surface area contributed by atoms with Crippen molar-refractivity contribution in [2.75, 3.05) is 14.1 Å². The van der Waals surface area contributed by atoms with Gasteiger partial charge in [-0.3, -0.25) is 4.31 Å². The summed E-state index contributed by atoms with van der Waals surface area (Å²) in [5.41, 5.74) is 0.0947. The van der Waals surface area contributed by atoms with Crippen LogP contribution in [0.2, 0.25) is 0 Å². The van der Waals surface area contributed by atoms with Gasteiger partial charge in [0.25, 0.3) is 0 Å². The Morgan fingerprint density at radius 2 is 1.58 bits per heavy atom. The molecule has 104 valence electrons. The van der Waals surface area contributed by atoms with Crippen LogP contribution in [-0.4, -0.2) is 18.4 Å².